The predicted molar refractivity (Wildman–Crippen MR) is 83.1 cm³/mol. The van der Waals surface area contributed by atoms with Crippen molar-refractivity contribution >= 4 is 10.0 Å². The highest BCUT2D eigenvalue weighted by atomic mass is 32.2. The van der Waals surface area contributed by atoms with Crippen molar-refractivity contribution in [3.8, 4) is 0 Å². The average molecular weight is 298 g/mol. The zero-order valence-electron chi connectivity index (χ0n) is 12.4. The quantitative estimate of drug-likeness (QED) is 0.735. The third-order valence-electron chi connectivity index (χ3n) is 3.35. The molecule has 1 rings (SSSR count). The van der Waals surface area contributed by atoms with Gasteiger partial charge in [-0.1, -0.05) is 32.4 Å². The van der Waals surface area contributed by atoms with Crippen molar-refractivity contribution in [2.24, 2.45) is 5.73 Å². The zero-order valence-corrected chi connectivity index (χ0v) is 13.2. The fourth-order valence-electron chi connectivity index (χ4n) is 2.12. The second-order valence-corrected chi connectivity index (χ2v) is 6.77. The van der Waals surface area contributed by atoms with Crippen LogP contribution in [0.15, 0.2) is 29.2 Å². The Kier molecular flexibility index (Phi) is 7.19. The number of rotatable bonds is 9. The summed E-state index contributed by atoms with van der Waals surface area (Å²) in [5.74, 6) is 0. The molecule has 0 heterocycles. The van der Waals surface area contributed by atoms with Crippen molar-refractivity contribution < 1.29 is 8.42 Å². The Bertz CT molecular complexity index is 483. The van der Waals surface area contributed by atoms with E-state index in [1.807, 2.05) is 19.1 Å². The highest BCUT2D eigenvalue weighted by Gasteiger charge is 2.18. The standard InChI is InChI=1S/C15H26N2O2S/c1-3-6-14(4-2)17-20(18,19)15-10-8-13(9-11-15)7-5-12-16/h8-11,14,17H,3-7,12,16H2,1-2H3. The maximum Gasteiger partial charge on any atom is 0.240 e. The van der Waals surface area contributed by atoms with Gasteiger partial charge in [-0.2, -0.15) is 0 Å². The van der Waals surface area contributed by atoms with Gasteiger partial charge in [0.05, 0.1) is 4.90 Å². The molecule has 1 aromatic carbocycles. The number of hydrogen-bond acceptors (Lipinski definition) is 3. The van der Waals surface area contributed by atoms with Crippen LogP contribution in [-0.2, 0) is 16.4 Å². The first-order chi connectivity index (χ1) is 9.53. The molecule has 1 atom stereocenters. The highest BCUT2D eigenvalue weighted by Crippen LogP contribution is 2.14. The van der Waals surface area contributed by atoms with Gasteiger partial charge in [0.15, 0.2) is 0 Å². The summed E-state index contributed by atoms with van der Waals surface area (Å²) in [5, 5.41) is 0. The van der Waals surface area contributed by atoms with Gasteiger partial charge in [-0.05, 0) is 49.9 Å². The summed E-state index contributed by atoms with van der Waals surface area (Å²) in [7, 11) is -3.41. The van der Waals surface area contributed by atoms with Crippen LogP contribution in [0.2, 0.25) is 0 Å². The van der Waals surface area contributed by atoms with Crippen LogP contribution in [0.1, 0.15) is 45.1 Å². The van der Waals surface area contributed by atoms with Crippen LogP contribution >= 0.6 is 0 Å². The largest absolute Gasteiger partial charge is 0.330 e. The fourth-order valence-corrected chi connectivity index (χ4v) is 3.48. The maximum absolute atomic E-state index is 12.3. The van der Waals surface area contributed by atoms with E-state index in [4.69, 9.17) is 5.73 Å². The molecule has 0 bridgehead atoms. The molecule has 4 nitrogen and oxygen atoms in total. The van der Waals surface area contributed by atoms with E-state index in [1.54, 1.807) is 12.1 Å². The Balaban J connectivity index is 2.76. The molecule has 0 aliphatic heterocycles. The summed E-state index contributed by atoms with van der Waals surface area (Å²) in [6, 6.07) is 7.09. The lowest BCUT2D eigenvalue weighted by molar-refractivity contribution is 0.512. The zero-order chi connectivity index (χ0) is 15.0. The predicted octanol–water partition coefficient (Wildman–Crippen LogP) is 2.43. The number of benzene rings is 1. The van der Waals surface area contributed by atoms with Crippen LogP contribution < -0.4 is 10.5 Å². The van der Waals surface area contributed by atoms with Gasteiger partial charge < -0.3 is 5.73 Å². The molecule has 0 saturated heterocycles. The summed E-state index contributed by atoms with van der Waals surface area (Å²) < 4.78 is 27.3. The minimum absolute atomic E-state index is 0.0157. The molecule has 0 aliphatic rings. The molecule has 0 aliphatic carbocycles. The van der Waals surface area contributed by atoms with Gasteiger partial charge in [-0.15, -0.1) is 0 Å². The smallest absolute Gasteiger partial charge is 0.240 e. The molecule has 3 N–H and O–H groups in total. The SMILES string of the molecule is CCCC(CC)NS(=O)(=O)c1ccc(CCCN)cc1. The van der Waals surface area contributed by atoms with Crippen molar-refractivity contribution in [1.29, 1.82) is 0 Å². The van der Waals surface area contributed by atoms with Gasteiger partial charge in [0.1, 0.15) is 0 Å². The number of nitrogens with one attached hydrogen (secondary N) is 1. The maximum atomic E-state index is 12.3. The molecular formula is C15H26N2O2S. The topological polar surface area (TPSA) is 72.2 Å². The van der Waals surface area contributed by atoms with Crippen molar-refractivity contribution in [2.45, 2.75) is 56.9 Å². The molecule has 0 amide bonds. The summed E-state index contributed by atoms with van der Waals surface area (Å²) >= 11 is 0. The molecule has 0 spiro atoms. The Morgan fingerprint density at radius 1 is 1.20 bits per heavy atom. The van der Waals surface area contributed by atoms with Crippen LogP contribution in [0.25, 0.3) is 0 Å². The normalized spacial score (nSPS) is 13.3. The summed E-state index contributed by atoms with van der Waals surface area (Å²) in [5.41, 5.74) is 6.59. The minimum Gasteiger partial charge on any atom is -0.330 e. The van der Waals surface area contributed by atoms with Gasteiger partial charge in [0.2, 0.25) is 10.0 Å². The first-order valence-electron chi connectivity index (χ1n) is 7.34. The fraction of sp³-hybridized carbons (Fsp3) is 0.600. The van der Waals surface area contributed by atoms with Crippen LogP contribution in [0.4, 0.5) is 0 Å². The van der Waals surface area contributed by atoms with E-state index < -0.39 is 10.0 Å². The van der Waals surface area contributed by atoms with Gasteiger partial charge in [0.25, 0.3) is 0 Å². The molecule has 20 heavy (non-hydrogen) atoms. The Morgan fingerprint density at radius 3 is 2.35 bits per heavy atom. The number of nitrogens with two attached hydrogens (primary N) is 1. The Labute approximate surface area is 122 Å². The van der Waals surface area contributed by atoms with Crippen LogP contribution in [0.3, 0.4) is 0 Å². The lowest BCUT2D eigenvalue weighted by Crippen LogP contribution is -2.34. The number of hydrogen-bond donors (Lipinski definition) is 2. The summed E-state index contributed by atoms with van der Waals surface area (Å²) in [4.78, 5) is 0.337. The second-order valence-electron chi connectivity index (χ2n) is 5.05. The number of sulfonamides is 1. The van der Waals surface area contributed by atoms with E-state index in [0.29, 0.717) is 11.4 Å². The molecule has 114 valence electrons. The number of aryl methyl sites for hydroxylation is 1. The van der Waals surface area contributed by atoms with Crippen LogP contribution in [0, 0.1) is 0 Å². The summed E-state index contributed by atoms with van der Waals surface area (Å²) in [6.07, 6.45) is 4.45. The van der Waals surface area contributed by atoms with Gasteiger partial charge in [-0.3, -0.25) is 0 Å². The Morgan fingerprint density at radius 2 is 1.85 bits per heavy atom. The summed E-state index contributed by atoms with van der Waals surface area (Å²) in [6.45, 7) is 4.71. The third kappa shape index (κ3) is 5.23. The Hall–Kier alpha value is -0.910. The highest BCUT2D eigenvalue weighted by molar-refractivity contribution is 7.89. The van der Waals surface area contributed by atoms with Crippen molar-refractivity contribution in [1.82, 2.24) is 4.72 Å². The van der Waals surface area contributed by atoms with E-state index in [1.165, 1.54) is 0 Å². The lowest BCUT2D eigenvalue weighted by Gasteiger charge is -2.16. The van der Waals surface area contributed by atoms with E-state index in [2.05, 4.69) is 11.6 Å². The van der Waals surface area contributed by atoms with E-state index in [9.17, 15) is 8.42 Å². The molecule has 0 radical (unpaired) electrons. The van der Waals surface area contributed by atoms with Crippen LogP contribution in [-0.4, -0.2) is 21.0 Å². The van der Waals surface area contributed by atoms with E-state index in [-0.39, 0.29) is 6.04 Å². The second kappa shape index (κ2) is 8.39. The molecule has 5 heteroatoms. The van der Waals surface area contributed by atoms with Crippen molar-refractivity contribution in [3.63, 3.8) is 0 Å². The monoisotopic (exact) mass is 298 g/mol. The first kappa shape index (κ1) is 17.1. The van der Waals surface area contributed by atoms with Crippen molar-refractivity contribution in [3.05, 3.63) is 29.8 Å². The molecule has 1 aromatic rings. The van der Waals surface area contributed by atoms with Gasteiger partial charge in [-0.25, -0.2) is 13.1 Å². The van der Waals surface area contributed by atoms with Crippen molar-refractivity contribution in [2.75, 3.05) is 6.54 Å². The molecule has 0 aromatic heterocycles. The average Bonchev–Trinajstić information content (AvgIpc) is 2.45. The molecule has 1 unspecified atom stereocenters. The minimum atomic E-state index is -3.41. The molecule has 0 fully saturated rings. The first-order valence-corrected chi connectivity index (χ1v) is 8.83. The van der Waals surface area contributed by atoms with Crippen LogP contribution in [0.5, 0.6) is 0 Å². The van der Waals surface area contributed by atoms with Gasteiger partial charge in [0, 0.05) is 6.04 Å². The molecule has 0 saturated carbocycles. The lowest BCUT2D eigenvalue weighted by atomic mass is 10.1. The van der Waals surface area contributed by atoms with E-state index in [0.717, 1.165) is 37.7 Å². The van der Waals surface area contributed by atoms with E-state index >= 15 is 0 Å². The van der Waals surface area contributed by atoms with Gasteiger partial charge >= 0.3 is 0 Å². The third-order valence-corrected chi connectivity index (χ3v) is 4.89. The molecular weight excluding hydrogens is 272 g/mol.